The van der Waals surface area contributed by atoms with Crippen molar-refractivity contribution in [2.45, 2.75) is 13.0 Å². The smallest absolute Gasteiger partial charge is 0.248 e. The van der Waals surface area contributed by atoms with Crippen molar-refractivity contribution >= 4 is 5.91 Å². The number of hydrogen-bond donors (Lipinski definition) is 0. The normalized spacial score (nSPS) is 9.74. The first kappa shape index (κ1) is 15.0. The maximum Gasteiger partial charge on any atom is 0.248 e. The van der Waals surface area contributed by atoms with Gasteiger partial charge in [-0.25, -0.2) is 0 Å². The minimum Gasteiger partial charge on any atom is -0.497 e. The average molecular weight is 262 g/mol. The van der Waals surface area contributed by atoms with Crippen molar-refractivity contribution in [1.29, 1.82) is 5.26 Å². The van der Waals surface area contributed by atoms with E-state index in [9.17, 15) is 4.79 Å². The number of rotatable bonds is 7. The second kappa shape index (κ2) is 8.11. The second-order valence-corrected chi connectivity index (χ2v) is 4.07. The first-order chi connectivity index (χ1) is 9.17. The van der Waals surface area contributed by atoms with E-state index < -0.39 is 0 Å². The Balaban J connectivity index is 2.33. The van der Waals surface area contributed by atoms with Gasteiger partial charge in [0.25, 0.3) is 0 Å². The molecule has 0 aliphatic heterocycles. The molecule has 1 aromatic rings. The molecular weight excluding hydrogens is 244 g/mol. The van der Waals surface area contributed by atoms with E-state index in [1.807, 2.05) is 30.3 Å². The summed E-state index contributed by atoms with van der Waals surface area (Å²) in [6, 6.07) is 9.50. The number of nitrogens with zero attached hydrogens (tertiary/aromatic N) is 2. The van der Waals surface area contributed by atoms with Crippen LogP contribution in [0.1, 0.15) is 12.0 Å². The van der Waals surface area contributed by atoms with Gasteiger partial charge in [-0.2, -0.15) is 5.26 Å². The zero-order chi connectivity index (χ0) is 14.1. The molecule has 1 amide bonds. The van der Waals surface area contributed by atoms with Gasteiger partial charge in [0.15, 0.2) is 0 Å². The highest BCUT2D eigenvalue weighted by molar-refractivity contribution is 5.77. The van der Waals surface area contributed by atoms with Crippen LogP contribution in [-0.2, 0) is 16.1 Å². The van der Waals surface area contributed by atoms with Crippen molar-refractivity contribution in [1.82, 2.24) is 4.90 Å². The van der Waals surface area contributed by atoms with Gasteiger partial charge in [-0.1, -0.05) is 12.1 Å². The summed E-state index contributed by atoms with van der Waals surface area (Å²) in [4.78, 5) is 13.1. The molecule has 0 radical (unpaired) electrons. The Hall–Kier alpha value is -2.06. The molecule has 0 aromatic heterocycles. The number of carbonyl (C=O) groups excluding carboxylic acids is 1. The quantitative estimate of drug-likeness (QED) is 0.748. The van der Waals surface area contributed by atoms with Gasteiger partial charge >= 0.3 is 0 Å². The van der Waals surface area contributed by atoms with E-state index in [1.165, 1.54) is 4.90 Å². The third-order valence-electron chi connectivity index (χ3n) is 2.61. The van der Waals surface area contributed by atoms with Crippen LogP contribution in [0.3, 0.4) is 0 Å². The topological polar surface area (TPSA) is 62.6 Å². The summed E-state index contributed by atoms with van der Waals surface area (Å²) in [7, 11) is 3.27. The zero-order valence-electron chi connectivity index (χ0n) is 11.3. The van der Waals surface area contributed by atoms with E-state index in [-0.39, 0.29) is 12.5 Å². The number of nitriles is 1. The highest BCUT2D eigenvalue weighted by Crippen LogP contribution is 2.13. The lowest BCUT2D eigenvalue weighted by Crippen LogP contribution is -2.31. The first-order valence-electron chi connectivity index (χ1n) is 5.99. The standard InChI is InChI=1S/C14H18N2O3/c1-16(8-4-7-15)14(17)11-19-10-12-5-3-6-13(9-12)18-2/h3,5-6,9H,4,8,10-11H2,1-2H3. The third kappa shape index (κ3) is 5.40. The van der Waals surface area contributed by atoms with Crippen molar-refractivity contribution in [3.8, 4) is 11.8 Å². The molecule has 0 bridgehead atoms. The van der Waals surface area contributed by atoms with Gasteiger partial charge in [-0.05, 0) is 17.7 Å². The Bertz CT molecular complexity index is 454. The number of ether oxygens (including phenoxy) is 2. The molecule has 5 heteroatoms. The minimum atomic E-state index is -0.127. The Kier molecular flexibility index (Phi) is 6.41. The van der Waals surface area contributed by atoms with E-state index in [0.717, 1.165) is 11.3 Å². The molecule has 1 rings (SSSR count). The molecule has 0 N–H and O–H groups in total. The lowest BCUT2D eigenvalue weighted by atomic mass is 10.2. The van der Waals surface area contributed by atoms with Crippen molar-refractivity contribution in [2.75, 3.05) is 27.3 Å². The highest BCUT2D eigenvalue weighted by Gasteiger charge is 2.08. The minimum absolute atomic E-state index is 0.0130. The molecule has 1 aromatic carbocycles. The predicted molar refractivity (Wildman–Crippen MR) is 70.5 cm³/mol. The second-order valence-electron chi connectivity index (χ2n) is 4.07. The van der Waals surface area contributed by atoms with Gasteiger partial charge in [0.1, 0.15) is 12.4 Å². The number of likely N-dealkylation sites (N-methyl/N-ethyl adjacent to an activating group) is 1. The molecule has 0 unspecified atom stereocenters. The Labute approximate surface area is 113 Å². The molecule has 0 atom stereocenters. The van der Waals surface area contributed by atoms with Crippen LogP contribution in [0.25, 0.3) is 0 Å². The predicted octanol–water partition coefficient (Wildman–Crippen LogP) is 1.58. The number of methoxy groups -OCH3 is 1. The molecule has 5 nitrogen and oxygen atoms in total. The van der Waals surface area contributed by atoms with Crippen LogP contribution >= 0.6 is 0 Å². The highest BCUT2D eigenvalue weighted by atomic mass is 16.5. The van der Waals surface area contributed by atoms with E-state index in [1.54, 1.807) is 14.2 Å². The summed E-state index contributed by atoms with van der Waals surface area (Å²) < 4.78 is 10.5. The zero-order valence-corrected chi connectivity index (χ0v) is 11.3. The van der Waals surface area contributed by atoms with Crippen LogP contribution in [0.4, 0.5) is 0 Å². The van der Waals surface area contributed by atoms with Gasteiger partial charge in [-0.15, -0.1) is 0 Å². The monoisotopic (exact) mass is 262 g/mol. The SMILES string of the molecule is COc1cccc(COCC(=O)N(C)CCC#N)c1. The average Bonchev–Trinajstić information content (AvgIpc) is 2.44. The molecule has 0 spiro atoms. The van der Waals surface area contributed by atoms with E-state index in [2.05, 4.69) is 0 Å². The van der Waals surface area contributed by atoms with Crippen molar-refractivity contribution in [3.63, 3.8) is 0 Å². The van der Waals surface area contributed by atoms with Crippen molar-refractivity contribution in [2.24, 2.45) is 0 Å². The van der Waals surface area contributed by atoms with Crippen LogP contribution in [0.5, 0.6) is 5.75 Å². The maximum absolute atomic E-state index is 11.6. The fourth-order valence-corrected chi connectivity index (χ4v) is 1.47. The summed E-state index contributed by atoms with van der Waals surface area (Å²) in [5.74, 6) is 0.636. The van der Waals surface area contributed by atoms with Crippen LogP contribution in [0.15, 0.2) is 24.3 Å². The molecule has 0 fully saturated rings. The molecule has 0 aliphatic rings. The third-order valence-corrected chi connectivity index (χ3v) is 2.61. The van der Waals surface area contributed by atoms with E-state index in [0.29, 0.717) is 19.6 Å². The summed E-state index contributed by atoms with van der Waals surface area (Å²) in [6.45, 7) is 0.798. The Morgan fingerprint density at radius 2 is 2.26 bits per heavy atom. The van der Waals surface area contributed by atoms with Gasteiger partial charge in [0.2, 0.25) is 5.91 Å². The molecule has 0 heterocycles. The van der Waals surface area contributed by atoms with Crippen LogP contribution in [-0.4, -0.2) is 38.1 Å². The van der Waals surface area contributed by atoms with Crippen molar-refractivity contribution < 1.29 is 14.3 Å². The lowest BCUT2D eigenvalue weighted by molar-refractivity contribution is -0.135. The molecular formula is C14H18N2O3. The lowest BCUT2D eigenvalue weighted by Gasteiger charge is -2.15. The largest absolute Gasteiger partial charge is 0.497 e. The van der Waals surface area contributed by atoms with Gasteiger partial charge in [0.05, 0.1) is 26.2 Å². The summed E-state index contributed by atoms with van der Waals surface area (Å²) >= 11 is 0. The molecule has 0 saturated carbocycles. The fraction of sp³-hybridized carbons (Fsp3) is 0.429. The molecule has 19 heavy (non-hydrogen) atoms. The van der Waals surface area contributed by atoms with Gasteiger partial charge < -0.3 is 14.4 Å². The van der Waals surface area contributed by atoms with Crippen LogP contribution in [0.2, 0.25) is 0 Å². The van der Waals surface area contributed by atoms with Crippen molar-refractivity contribution in [3.05, 3.63) is 29.8 Å². The summed E-state index contributed by atoms with van der Waals surface area (Å²) in [6.07, 6.45) is 0.331. The maximum atomic E-state index is 11.6. The summed E-state index contributed by atoms with van der Waals surface area (Å²) in [5, 5.41) is 8.44. The Morgan fingerprint density at radius 1 is 1.47 bits per heavy atom. The van der Waals surface area contributed by atoms with E-state index >= 15 is 0 Å². The fourth-order valence-electron chi connectivity index (χ4n) is 1.47. The summed E-state index contributed by atoms with van der Waals surface area (Å²) in [5.41, 5.74) is 0.951. The number of hydrogen-bond acceptors (Lipinski definition) is 4. The Morgan fingerprint density at radius 3 is 2.95 bits per heavy atom. The van der Waals surface area contributed by atoms with Gasteiger partial charge in [-0.3, -0.25) is 4.79 Å². The van der Waals surface area contributed by atoms with Crippen LogP contribution < -0.4 is 4.74 Å². The molecule has 0 aliphatic carbocycles. The molecule has 102 valence electrons. The number of benzene rings is 1. The number of amides is 1. The van der Waals surface area contributed by atoms with E-state index in [4.69, 9.17) is 14.7 Å². The van der Waals surface area contributed by atoms with Crippen LogP contribution in [0, 0.1) is 11.3 Å². The van der Waals surface area contributed by atoms with Gasteiger partial charge in [0, 0.05) is 13.6 Å². The first-order valence-corrected chi connectivity index (χ1v) is 5.99. The number of carbonyl (C=O) groups is 1. The molecule has 0 saturated heterocycles.